The van der Waals surface area contributed by atoms with Crippen molar-refractivity contribution >= 4 is 33.3 Å². The summed E-state index contributed by atoms with van der Waals surface area (Å²) in [5, 5.41) is 0.505. The van der Waals surface area contributed by atoms with Crippen LogP contribution in [0.3, 0.4) is 0 Å². The van der Waals surface area contributed by atoms with Crippen molar-refractivity contribution in [3.05, 3.63) is 21.8 Å². The third kappa shape index (κ3) is 1.92. The maximum atomic E-state index is 13.4. The van der Waals surface area contributed by atoms with Crippen LogP contribution in [0.2, 0.25) is 5.02 Å². The summed E-state index contributed by atoms with van der Waals surface area (Å²) in [6.07, 6.45) is 3.02. The first-order valence-electron chi connectivity index (χ1n) is 5.87. The number of rotatable bonds is 1. The molecule has 3 rings (SSSR count). The highest BCUT2D eigenvalue weighted by atomic mass is 79.9. The standard InChI is InChI=1S/C12H12BrClF2N2/c13-8-4-9(14)10(17-5-8)18-3-1-2-11(7-18)6-12(11,15)16/h4-5H,1-3,6-7H2. The molecule has 2 nitrogen and oxygen atoms in total. The largest absolute Gasteiger partial charge is 0.355 e. The molecule has 2 aliphatic rings. The average molecular weight is 338 g/mol. The Morgan fingerprint density at radius 2 is 2.17 bits per heavy atom. The Morgan fingerprint density at radius 1 is 1.44 bits per heavy atom. The maximum Gasteiger partial charge on any atom is 0.256 e. The van der Waals surface area contributed by atoms with E-state index >= 15 is 0 Å². The third-order valence-corrected chi connectivity index (χ3v) is 4.59. The van der Waals surface area contributed by atoms with Crippen molar-refractivity contribution in [2.45, 2.75) is 25.2 Å². The highest BCUT2D eigenvalue weighted by molar-refractivity contribution is 9.10. The molecule has 1 saturated heterocycles. The number of halogens is 4. The van der Waals surface area contributed by atoms with Gasteiger partial charge < -0.3 is 4.90 Å². The van der Waals surface area contributed by atoms with Gasteiger partial charge in [0.2, 0.25) is 0 Å². The lowest BCUT2D eigenvalue weighted by molar-refractivity contribution is 0.0575. The van der Waals surface area contributed by atoms with E-state index < -0.39 is 11.3 Å². The number of alkyl halides is 2. The molecule has 2 heterocycles. The van der Waals surface area contributed by atoms with Crippen molar-refractivity contribution in [3.63, 3.8) is 0 Å². The normalized spacial score (nSPS) is 29.7. The fourth-order valence-electron chi connectivity index (χ4n) is 2.78. The minimum Gasteiger partial charge on any atom is -0.355 e. The zero-order chi connectivity index (χ0) is 13.0. The summed E-state index contributed by atoms with van der Waals surface area (Å²) in [7, 11) is 0. The first-order chi connectivity index (χ1) is 8.44. The molecular formula is C12H12BrClF2N2. The van der Waals surface area contributed by atoms with Gasteiger partial charge in [-0.25, -0.2) is 13.8 Å². The van der Waals surface area contributed by atoms with Gasteiger partial charge in [0, 0.05) is 30.2 Å². The molecular weight excluding hydrogens is 325 g/mol. The molecule has 1 aromatic rings. The topological polar surface area (TPSA) is 16.1 Å². The number of anilines is 1. The summed E-state index contributed by atoms with van der Waals surface area (Å²) in [6.45, 7) is 1.10. The minimum atomic E-state index is -2.51. The second-order valence-electron chi connectivity index (χ2n) is 5.15. The van der Waals surface area contributed by atoms with Crippen molar-refractivity contribution < 1.29 is 8.78 Å². The van der Waals surface area contributed by atoms with Gasteiger partial charge in [-0.15, -0.1) is 0 Å². The molecule has 0 aromatic carbocycles. The van der Waals surface area contributed by atoms with E-state index in [0.29, 0.717) is 23.8 Å². The Labute approximate surface area is 117 Å². The predicted molar refractivity (Wildman–Crippen MR) is 70.4 cm³/mol. The van der Waals surface area contributed by atoms with E-state index in [2.05, 4.69) is 20.9 Å². The Morgan fingerprint density at radius 3 is 2.78 bits per heavy atom. The first kappa shape index (κ1) is 12.6. The molecule has 1 aliphatic carbocycles. The van der Waals surface area contributed by atoms with E-state index in [1.54, 1.807) is 12.3 Å². The lowest BCUT2D eigenvalue weighted by Crippen LogP contribution is -2.39. The molecule has 1 saturated carbocycles. The van der Waals surface area contributed by atoms with E-state index in [9.17, 15) is 8.78 Å². The summed E-state index contributed by atoms with van der Waals surface area (Å²) in [5.41, 5.74) is -0.830. The van der Waals surface area contributed by atoms with Gasteiger partial charge in [-0.05, 0) is 34.8 Å². The van der Waals surface area contributed by atoms with Gasteiger partial charge in [-0.1, -0.05) is 11.6 Å². The second kappa shape index (κ2) is 4.04. The maximum absolute atomic E-state index is 13.4. The summed E-state index contributed by atoms with van der Waals surface area (Å²) in [4.78, 5) is 6.13. The minimum absolute atomic E-state index is 0.00461. The molecule has 98 valence electrons. The number of piperidine rings is 1. The highest BCUT2D eigenvalue weighted by Crippen LogP contribution is 2.64. The molecule has 6 heteroatoms. The molecule has 2 fully saturated rings. The van der Waals surface area contributed by atoms with Crippen LogP contribution in [0, 0.1) is 5.41 Å². The van der Waals surface area contributed by atoms with Crippen LogP contribution in [0.1, 0.15) is 19.3 Å². The van der Waals surface area contributed by atoms with Gasteiger partial charge in [0.05, 0.1) is 10.4 Å². The molecule has 0 radical (unpaired) electrons. The van der Waals surface area contributed by atoms with Gasteiger partial charge >= 0.3 is 0 Å². The Bertz CT molecular complexity index is 497. The molecule has 0 bridgehead atoms. The average Bonchev–Trinajstić information content (AvgIpc) is 2.78. The highest BCUT2D eigenvalue weighted by Gasteiger charge is 2.71. The van der Waals surface area contributed by atoms with E-state index in [1.807, 2.05) is 4.90 Å². The zero-order valence-electron chi connectivity index (χ0n) is 9.60. The fourth-order valence-corrected chi connectivity index (χ4v) is 3.53. The predicted octanol–water partition coefficient (Wildman–Crippen LogP) is 4.12. The molecule has 1 spiro atoms. The monoisotopic (exact) mass is 336 g/mol. The summed E-state index contributed by atoms with van der Waals surface area (Å²) >= 11 is 9.41. The molecule has 0 N–H and O–H groups in total. The Balaban J connectivity index is 1.85. The summed E-state index contributed by atoms with van der Waals surface area (Å²) in [5.74, 6) is -1.89. The van der Waals surface area contributed by atoms with Gasteiger partial charge in [-0.2, -0.15) is 0 Å². The zero-order valence-corrected chi connectivity index (χ0v) is 11.9. The summed E-state index contributed by atoms with van der Waals surface area (Å²) < 4.78 is 27.7. The Hall–Kier alpha value is -0.420. The van der Waals surface area contributed by atoms with Crippen molar-refractivity contribution in [2.24, 2.45) is 5.41 Å². The van der Waals surface area contributed by atoms with Gasteiger partial charge in [-0.3, -0.25) is 0 Å². The van der Waals surface area contributed by atoms with E-state index in [4.69, 9.17) is 11.6 Å². The van der Waals surface area contributed by atoms with Gasteiger partial charge in [0.25, 0.3) is 5.92 Å². The summed E-state index contributed by atoms with van der Waals surface area (Å²) in [6, 6.07) is 1.75. The van der Waals surface area contributed by atoms with Gasteiger partial charge in [0.15, 0.2) is 0 Å². The molecule has 0 amide bonds. The lowest BCUT2D eigenvalue weighted by atomic mass is 9.94. The Kier molecular flexibility index (Phi) is 2.83. The number of aromatic nitrogens is 1. The molecule has 1 aliphatic heterocycles. The molecule has 1 unspecified atom stereocenters. The van der Waals surface area contributed by atoms with Gasteiger partial charge in [0.1, 0.15) is 5.82 Å². The van der Waals surface area contributed by atoms with Crippen molar-refractivity contribution in [2.75, 3.05) is 18.0 Å². The number of pyridine rings is 1. The van der Waals surface area contributed by atoms with Crippen LogP contribution in [0.4, 0.5) is 14.6 Å². The van der Waals surface area contributed by atoms with E-state index in [1.165, 1.54) is 0 Å². The molecule has 18 heavy (non-hydrogen) atoms. The number of hydrogen-bond donors (Lipinski definition) is 0. The van der Waals surface area contributed by atoms with Crippen LogP contribution in [0.5, 0.6) is 0 Å². The van der Waals surface area contributed by atoms with Crippen LogP contribution in [0.25, 0.3) is 0 Å². The first-order valence-corrected chi connectivity index (χ1v) is 7.04. The van der Waals surface area contributed by atoms with E-state index in [0.717, 1.165) is 17.4 Å². The fraction of sp³-hybridized carbons (Fsp3) is 0.583. The van der Waals surface area contributed by atoms with Crippen molar-refractivity contribution in [1.82, 2.24) is 4.98 Å². The van der Waals surface area contributed by atoms with Crippen LogP contribution < -0.4 is 4.90 Å². The third-order valence-electron chi connectivity index (χ3n) is 3.88. The van der Waals surface area contributed by atoms with Crippen LogP contribution >= 0.6 is 27.5 Å². The smallest absolute Gasteiger partial charge is 0.256 e. The van der Waals surface area contributed by atoms with Crippen molar-refractivity contribution in [1.29, 1.82) is 0 Å². The number of nitrogens with zero attached hydrogens (tertiary/aromatic N) is 2. The van der Waals surface area contributed by atoms with Crippen molar-refractivity contribution in [3.8, 4) is 0 Å². The van der Waals surface area contributed by atoms with Crippen LogP contribution in [0.15, 0.2) is 16.7 Å². The van der Waals surface area contributed by atoms with E-state index in [-0.39, 0.29) is 6.42 Å². The molecule has 1 aromatic heterocycles. The quantitative estimate of drug-likeness (QED) is 0.766. The SMILES string of the molecule is FC1(F)CC12CCCN(c1ncc(Br)cc1Cl)C2. The lowest BCUT2D eigenvalue weighted by Gasteiger charge is -2.34. The molecule has 1 atom stereocenters. The second-order valence-corrected chi connectivity index (χ2v) is 6.47. The van der Waals surface area contributed by atoms with Crippen LogP contribution in [-0.4, -0.2) is 24.0 Å². The number of hydrogen-bond acceptors (Lipinski definition) is 2. The van der Waals surface area contributed by atoms with Crippen LogP contribution in [-0.2, 0) is 0 Å².